The number of aryl methyl sites for hydroxylation is 1. The van der Waals surface area contributed by atoms with Crippen LogP contribution in [-0.2, 0) is 16.0 Å². The average molecular weight is 354 g/mol. The number of carbonyl (C=O) groups excluding carboxylic acids is 2. The van der Waals surface area contributed by atoms with Crippen molar-refractivity contribution in [3.63, 3.8) is 0 Å². The first-order valence-corrected chi connectivity index (χ1v) is 8.71. The Morgan fingerprint density at radius 3 is 2.35 bits per heavy atom. The Hall–Kier alpha value is -2.82. The minimum absolute atomic E-state index is 0.0469. The maximum Gasteiger partial charge on any atom is 0.262 e. The number of likely N-dealkylation sites (N-methyl/N-ethyl adjacent to an activating group) is 1. The van der Waals surface area contributed by atoms with Crippen LogP contribution in [0.1, 0.15) is 36.5 Å². The molecule has 26 heavy (non-hydrogen) atoms. The van der Waals surface area contributed by atoms with Crippen LogP contribution in [0.2, 0.25) is 0 Å². The molecular formula is C21H26N2O3. The largest absolute Gasteiger partial charge is 0.483 e. The van der Waals surface area contributed by atoms with Crippen molar-refractivity contribution < 1.29 is 14.3 Å². The van der Waals surface area contributed by atoms with E-state index < -0.39 is 0 Å². The predicted molar refractivity (Wildman–Crippen MR) is 104 cm³/mol. The van der Waals surface area contributed by atoms with Gasteiger partial charge in [-0.3, -0.25) is 9.59 Å². The van der Waals surface area contributed by atoms with Gasteiger partial charge in [-0.05, 0) is 47.7 Å². The summed E-state index contributed by atoms with van der Waals surface area (Å²) in [7, 11) is 1.61. The SMILES string of the molecule is CNC(=O)Cc1ccc(NC(=O)COc2cc(C)ccc2C(C)C)cc1. The lowest BCUT2D eigenvalue weighted by molar-refractivity contribution is -0.120. The van der Waals surface area contributed by atoms with E-state index in [-0.39, 0.29) is 18.4 Å². The Balaban J connectivity index is 1.93. The first-order valence-electron chi connectivity index (χ1n) is 8.71. The molecular weight excluding hydrogens is 328 g/mol. The van der Waals surface area contributed by atoms with E-state index in [0.29, 0.717) is 18.0 Å². The van der Waals surface area contributed by atoms with E-state index in [1.165, 1.54) is 0 Å². The Kier molecular flexibility index (Phi) is 6.78. The third kappa shape index (κ3) is 5.62. The predicted octanol–water partition coefficient (Wildman–Crippen LogP) is 3.42. The maximum absolute atomic E-state index is 12.2. The number of amides is 2. The van der Waals surface area contributed by atoms with E-state index in [1.54, 1.807) is 19.2 Å². The number of carbonyl (C=O) groups is 2. The fourth-order valence-electron chi connectivity index (χ4n) is 2.56. The summed E-state index contributed by atoms with van der Waals surface area (Å²) in [6.07, 6.45) is 0.319. The lowest BCUT2D eigenvalue weighted by Gasteiger charge is -2.15. The van der Waals surface area contributed by atoms with Crippen molar-refractivity contribution in [1.29, 1.82) is 0 Å². The summed E-state index contributed by atoms with van der Waals surface area (Å²) in [5.74, 6) is 0.798. The van der Waals surface area contributed by atoms with Crippen LogP contribution in [-0.4, -0.2) is 25.5 Å². The molecule has 0 aliphatic carbocycles. The molecule has 5 nitrogen and oxygen atoms in total. The van der Waals surface area contributed by atoms with Gasteiger partial charge in [0.25, 0.3) is 5.91 Å². The fourth-order valence-corrected chi connectivity index (χ4v) is 2.56. The van der Waals surface area contributed by atoms with Gasteiger partial charge >= 0.3 is 0 Å². The Labute approximate surface area is 154 Å². The summed E-state index contributed by atoms with van der Waals surface area (Å²) in [4.78, 5) is 23.5. The van der Waals surface area contributed by atoms with Gasteiger partial charge < -0.3 is 15.4 Å². The Bertz CT molecular complexity index is 767. The summed E-state index contributed by atoms with van der Waals surface area (Å²) in [6, 6.07) is 13.2. The second-order valence-corrected chi connectivity index (χ2v) is 6.58. The monoisotopic (exact) mass is 354 g/mol. The molecule has 0 aromatic heterocycles. The fraction of sp³-hybridized carbons (Fsp3) is 0.333. The van der Waals surface area contributed by atoms with Crippen molar-refractivity contribution in [3.05, 3.63) is 59.2 Å². The van der Waals surface area contributed by atoms with Crippen LogP contribution in [0.4, 0.5) is 5.69 Å². The molecule has 2 aromatic carbocycles. The van der Waals surface area contributed by atoms with Crippen molar-refractivity contribution >= 4 is 17.5 Å². The molecule has 0 aliphatic rings. The van der Waals surface area contributed by atoms with Crippen molar-refractivity contribution in [1.82, 2.24) is 5.32 Å². The minimum Gasteiger partial charge on any atom is -0.483 e. The van der Waals surface area contributed by atoms with Crippen LogP contribution in [0, 0.1) is 6.92 Å². The molecule has 0 bridgehead atoms. The highest BCUT2D eigenvalue weighted by Gasteiger charge is 2.10. The second-order valence-electron chi connectivity index (χ2n) is 6.58. The van der Waals surface area contributed by atoms with E-state index in [1.807, 2.05) is 37.3 Å². The number of hydrogen-bond donors (Lipinski definition) is 2. The highest BCUT2D eigenvalue weighted by atomic mass is 16.5. The molecule has 2 N–H and O–H groups in total. The molecule has 0 saturated carbocycles. The topological polar surface area (TPSA) is 67.4 Å². The molecule has 0 atom stereocenters. The lowest BCUT2D eigenvalue weighted by Crippen LogP contribution is -2.21. The number of anilines is 1. The maximum atomic E-state index is 12.2. The van der Waals surface area contributed by atoms with Gasteiger partial charge in [0.05, 0.1) is 6.42 Å². The summed E-state index contributed by atoms with van der Waals surface area (Å²) in [5.41, 5.74) is 3.74. The molecule has 0 aliphatic heterocycles. The van der Waals surface area contributed by atoms with E-state index in [0.717, 1.165) is 22.4 Å². The summed E-state index contributed by atoms with van der Waals surface area (Å²) in [5, 5.41) is 5.39. The third-order valence-electron chi connectivity index (χ3n) is 4.03. The highest BCUT2D eigenvalue weighted by molar-refractivity contribution is 5.92. The lowest BCUT2D eigenvalue weighted by atomic mass is 10.0. The van der Waals surface area contributed by atoms with Crippen molar-refractivity contribution in [2.24, 2.45) is 0 Å². The zero-order chi connectivity index (χ0) is 19.1. The normalized spacial score (nSPS) is 10.5. The number of benzene rings is 2. The number of ether oxygens (including phenoxy) is 1. The van der Waals surface area contributed by atoms with Crippen molar-refractivity contribution in [3.8, 4) is 5.75 Å². The average Bonchev–Trinajstić information content (AvgIpc) is 2.61. The molecule has 0 unspecified atom stereocenters. The summed E-state index contributed by atoms with van der Waals surface area (Å²) < 4.78 is 5.74. The molecule has 0 radical (unpaired) electrons. The molecule has 0 heterocycles. The van der Waals surface area contributed by atoms with Gasteiger partial charge in [-0.1, -0.05) is 38.1 Å². The van der Waals surface area contributed by atoms with Gasteiger partial charge in [0.2, 0.25) is 5.91 Å². The molecule has 2 amide bonds. The second kappa shape index (κ2) is 9.04. The van der Waals surface area contributed by atoms with Crippen molar-refractivity contribution in [2.75, 3.05) is 19.0 Å². The number of hydrogen-bond acceptors (Lipinski definition) is 3. The quantitative estimate of drug-likeness (QED) is 0.800. The molecule has 0 fully saturated rings. The molecule has 2 rings (SSSR count). The van der Waals surface area contributed by atoms with E-state index in [4.69, 9.17) is 4.74 Å². The molecule has 2 aromatic rings. The van der Waals surface area contributed by atoms with Crippen LogP contribution in [0.3, 0.4) is 0 Å². The van der Waals surface area contributed by atoms with E-state index in [2.05, 4.69) is 24.5 Å². The van der Waals surface area contributed by atoms with Crippen LogP contribution in [0.15, 0.2) is 42.5 Å². The van der Waals surface area contributed by atoms with Gasteiger partial charge in [0.15, 0.2) is 6.61 Å². The van der Waals surface area contributed by atoms with Gasteiger partial charge in [-0.25, -0.2) is 0 Å². The smallest absolute Gasteiger partial charge is 0.262 e. The molecule has 0 spiro atoms. The minimum atomic E-state index is -0.222. The van der Waals surface area contributed by atoms with Gasteiger partial charge in [-0.15, -0.1) is 0 Å². The molecule has 138 valence electrons. The van der Waals surface area contributed by atoms with Crippen LogP contribution in [0.25, 0.3) is 0 Å². The number of nitrogens with one attached hydrogen (secondary N) is 2. The van der Waals surface area contributed by atoms with Crippen molar-refractivity contribution in [2.45, 2.75) is 33.1 Å². The van der Waals surface area contributed by atoms with Crippen LogP contribution in [0.5, 0.6) is 5.75 Å². The highest BCUT2D eigenvalue weighted by Crippen LogP contribution is 2.27. The summed E-state index contributed by atoms with van der Waals surface area (Å²) >= 11 is 0. The van der Waals surface area contributed by atoms with Crippen LogP contribution >= 0.6 is 0 Å². The number of rotatable bonds is 7. The molecule has 0 saturated heterocycles. The zero-order valence-electron chi connectivity index (χ0n) is 15.8. The standard InChI is InChI=1S/C21H26N2O3/c1-14(2)18-10-5-15(3)11-19(18)26-13-21(25)23-17-8-6-16(7-9-17)12-20(24)22-4/h5-11,14H,12-13H2,1-4H3,(H,22,24)(H,23,25). The van der Waals surface area contributed by atoms with E-state index >= 15 is 0 Å². The van der Waals surface area contributed by atoms with Gasteiger partial charge in [0.1, 0.15) is 5.75 Å². The van der Waals surface area contributed by atoms with Gasteiger partial charge in [0, 0.05) is 12.7 Å². The van der Waals surface area contributed by atoms with Gasteiger partial charge in [-0.2, -0.15) is 0 Å². The zero-order valence-corrected chi connectivity index (χ0v) is 15.8. The summed E-state index contributed by atoms with van der Waals surface area (Å²) in [6.45, 7) is 6.14. The third-order valence-corrected chi connectivity index (χ3v) is 4.03. The Morgan fingerprint density at radius 2 is 1.73 bits per heavy atom. The van der Waals surface area contributed by atoms with Crippen LogP contribution < -0.4 is 15.4 Å². The Morgan fingerprint density at radius 1 is 1.04 bits per heavy atom. The van der Waals surface area contributed by atoms with E-state index in [9.17, 15) is 9.59 Å². The first kappa shape index (κ1) is 19.5. The first-order chi connectivity index (χ1) is 12.4. The molecule has 5 heteroatoms.